The highest BCUT2D eigenvalue weighted by molar-refractivity contribution is 5.94. The van der Waals surface area contributed by atoms with Gasteiger partial charge in [-0.1, -0.05) is 0 Å². The molecule has 1 aliphatic rings. The molecule has 1 unspecified atom stereocenters. The van der Waals surface area contributed by atoms with Crippen LogP contribution in [-0.4, -0.2) is 35.7 Å². The highest BCUT2D eigenvalue weighted by Crippen LogP contribution is 2.13. The van der Waals surface area contributed by atoms with Crippen LogP contribution < -0.4 is 10.6 Å². The summed E-state index contributed by atoms with van der Waals surface area (Å²) in [5.41, 5.74) is 1.47. The van der Waals surface area contributed by atoms with Gasteiger partial charge in [-0.3, -0.25) is 9.89 Å². The molecule has 1 saturated heterocycles. The summed E-state index contributed by atoms with van der Waals surface area (Å²) in [6.07, 6.45) is 5.15. The topological polar surface area (TPSA) is 69.8 Å². The monoisotopic (exact) mass is 272 g/mol. The number of aryl methyl sites for hydroxylation is 1. The van der Waals surface area contributed by atoms with Crippen LogP contribution in [0.15, 0.2) is 6.20 Å². The van der Waals surface area contributed by atoms with E-state index in [0.29, 0.717) is 11.5 Å². The molecule has 0 aromatic carbocycles. The lowest BCUT2D eigenvalue weighted by Crippen LogP contribution is -2.33. The number of H-pyrrole nitrogens is 1. The number of rotatable bonds is 4. The van der Waals surface area contributed by atoms with Crippen LogP contribution in [0.25, 0.3) is 0 Å². The van der Waals surface area contributed by atoms with Crippen molar-refractivity contribution < 1.29 is 4.79 Å². The van der Waals surface area contributed by atoms with E-state index >= 15 is 0 Å². The van der Waals surface area contributed by atoms with Crippen molar-refractivity contribution in [2.24, 2.45) is 5.92 Å². The van der Waals surface area contributed by atoms with Gasteiger partial charge < -0.3 is 10.6 Å². The van der Waals surface area contributed by atoms with Crippen molar-refractivity contribution in [2.45, 2.75) is 26.2 Å². The van der Waals surface area contributed by atoms with Crippen molar-refractivity contribution >= 4 is 18.3 Å². The Kier molecular flexibility index (Phi) is 6.15. The van der Waals surface area contributed by atoms with Gasteiger partial charge in [0.2, 0.25) is 0 Å². The number of carbonyl (C=O) groups is 1. The number of amides is 1. The first-order valence-electron chi connectivity index (χ1n) is 6.26. The zero-order valence-corrected chi connectivity index (χ0v) is 11.5. The second-order valence-electron chi connectivity index (χ2n) is 4.67. The molecule has 6 heteroatoms. The Hall–Kier alpha value is -1.07. The maximum Gasteiger partial charge on any atom is 0.254 e. The maximum absolute atomic E-state index is 11.8. The predicted molar refractivity (Wildman–Crippen MR) is 73.1 cm³/mol. The molecule has 18 heavy (non-hydrogen) atoms. The average Bonchev–Trinajstić information content (AvgIpc) is 2.77. The molecule has 102 valence electrons. The summed E-state index contributed by atoms with van der Waals surface area (Å²) < 4.78 is 0. The summed E-state index contributed by atoms with van der Waals surface area (Å²) in [6, 6.07) is 0. The lowest BCUT2D eigenvalue weighted by atomic mass is 9.96. The number of aromatic amines is 1. The molecule has 1 aromatic rings. The molecule has 1 fully saturated rings. The van der Waals surface area contributed by atoms with Crippen LogP contribution in [0.5, 0.6) is 0 Å². The van der Waals surface area contributed by atoms with Gasteiger partial charge in [0.1, 0.15) is 0 Å². The molecule has 0 spiro atoms. The highest BCUT2D eigenvalue weighted by Gasteiger charge is 2.14. The van der Waals surface area contributed by atoms with E-state index in [1.807, 2.05) is 6.92 Å². The smallest absolute Gasteiger partial charge is 0.254 e. The summed E-state index contributed by atoms with van der Waals surface area (Å²) in [7, 11) is 0. The first kappa shape index (κ1) is 15.0. The van der Waals surface area contributed by atoms with Crippen molar-refractivity contribution in [2.75, 3.05) is 19.6 Å². The Morgan fingerprint density at radius 3 is 3.06 bits per heavy atom. The molecule has 3 N–H and O–H groups in total. The summed E-state index contributed by atoms with van der Waals surface area (Å²) >= 11 is 0. The Morgan fingerprint density at radius 2 is 2.44 bits per heavy atom. The quantitative estimate of drug-likeness (QED) is 0.773. The number of carbonyl (C=O) groups excluding carboxylic acids is 1. The third kappa shape index (κ3) is 3.99. The highest BCUT2D eigenvalue weighted by atomic mass is 35.5. The Balaban J connectivity index is 0.00000162. The number of hydrogen-bond acceptors (Lipinski definition) is 3. The third-order valence-electron chi connectivity index (χ3n) is 3.31. The number of halogens is 1. The van der Waals surface area contributed by atoms with Gasteiger partial charge in [-0.15, -0.1) is 12.4 Å². The van der Waals surface area contributed by atoms with E-state index in [2.05, 4.69) is 20.8 Å². The second-order valence-corrected chi connectivity index (χ2v) is 4.67. The molecule has 1 aromatic heterocycles. The summed E-state index contributed by atoms with van der Waals surface area (Å²) in [5.74, 6) is 0.675. The standard InChI is InChI=1S/C12H20N4O.ClH/c1-9-11(8-15-16-9)12(17)14-6-4-10-3-2-5-13-7-10;/h8,10,13H,2-7H2,1H3,(H,14,17)(H,15,16);1H. The SMILES string of the molecule is Cc1[nH]ncc1C(=O)NCCC1CCCNC1.Cl. The third-order valence-corrected chi connectivity index (χ3v) is 3.31. The molecule has 0 radical (unpaired) electrons. The lowest BCUT2D eigenvalue weighted by molar-refractivity contribution is 0.0950. The van der Waals surface area contributed by atoms with E-state index in [1.54, 1.807) is 6.20 Å². The second kappa shape index (κ2) is 7.38. The molecule has 1 amide bonds. The minimum Gasteiger partial charge on any atom is -0.352 e. The van der Waals surface area contributed by atoms with E-state index in [-0.39, 0.29) is 18.3 Å². The summed E-state index contributed by atoms with van der Waals surface area (Å²) in [6.45, 7) is 4.82. The van der Waals surface area contributed by atoms with Crippen molar-refractivity contribution in [3.63, 3.8) is 0 Å². The van der Waals surface area contributed by atoms with Crippen molar-refractivity contribution in [1.82, 2.24) is 20.8 Å². The van der Waals surface area contributed by atoms with Crippen LogP contribution in [0.3, 0.4) is 0 Å². The molecule has 5 nitrogen and oxygen atoms in total. The van der Waals surface area contributed by atoms with Crippen LogP contribution in [0.2, 0.25) is 0 Å². The molecule has 2 heterocycles. The van der Waals surface area contributed by atoms with Gasteiger partial charge >= 0.3 is 0 Å². The zero-order chi connectivity index (χ0) is 12.1. The number of aromatic nitrogens is 2. The first-order chi connectivity index (χ1) is 8.27. The van der Waals surface area contributed by atoms with Gasteiger partial charge in [0.15, 0.2) is 0 Å². The normalized spacial score (nSPS) is 19.1. The number of piperidine rings is 1. The van der Waals surface area contributed by atoms with E-state index in [9.17, 15) is 4.79 Å². The van der Waals surface area contributed by atoms with Crippen molar-refractivity contribution in [1.29, 1.82) is 0 Å². The molecule has 0 aliphatic carbocycles. The van der Waals surface area contributed by atoms with Crippen molar-refractivity contribution in [3.05, 3.63) is 17.5 Å². The van der Waals surface area contributed by atoms with Gasteiger partial charge in [0.25, 0.3) is 5.91 Å². The van der Waals surface area contributed by atoms with Gasteiger partial charge in [0.05, 0.1) is 11.8 Å². The van der Waals surface area contributed by atoms with E-state index in [1.165, 1.54) is 12.8 Å². The van der Waals surface area contributed by atoms with E-state index in [0.717, 1.165) is 31.7 Å². The molecule has 0 saturated carbocycles. The van der Waals surface area contributed by atoms with Crippen molar-refractivity contribution in [3.8, 4) is 0 Å². The summed E-state index contributed by atoms with van der Waals surface area (Å²) in [4.78, 5) is 11.8. The summed E-state index contributed by atoms with van der Waals surface area (Å²) in [5, 5.41) is 12.9. The van der Waals surface area contributed by atoms with Crippen LogP contribution in [0.1, 0.15) is 35.3 Å². The van der Waals surface area contributed by atoms with Gasteiger partial charge in [-0.05, 0) is 45.2 Å². The first-order valence-corrected chi connectivity index (χ1v) is 6.26. The number of nitrogens with one attached hydrogen (secondary N) is 3. The van der Waals surface area contributed by atoms with Gasteiger partial charge in [-0.25, -0.2) is 0 Å². The van der Waals surface area contributed by atoms with Gasteiger partial charge in [-0.2, -0.15) is 5.10 Å². The van der Waals surface area contributed by atoms with Crippen LogP contribution in [-0.2, 0) is 0 Å². The van der Waals surface area contributed by atoms with E-state index < -0.39 is 0 Å². The van der Waals surface area contributed by atoms with Crippen LogP contribution >= 0.6 is 12.4 Å². The average molecular weight is 273 g/mol. The number of hydrogen-bond donors (Lipinski definition) is 3. The Morgan fingerprint density at radius 1 is 1.61 bits per heavy atom. The van der Waals surface area contributed by atoms with Crippen LogP contribution in [0.4, 0.5) is 0 Å². The molecular weight excluding hydrogens is 252 g/mol. The fourth-order valence-corrected chi connectivity index (χ4v) is 2.24. The Bertz CT molecular complexity index is 374. The fraction of sp³-hybridized carbons (Fsp3) is 0.667. The molecule has 0 bridgehead atoms. The molecule has 1 atom stereocenters. The van der Waals surface area contributed by atoms with Gasteiger partial charge in [0, 0.05) is 12.2 Å². The fourth-order valence-electron chi connectivity index (χ4n) is 2.24. The number of nitrogens with zero attached hydrogens (tertiary/aromatic N) is 1. The molecule has 2 rings (SSSR count). The maximum atomic E-state index is 11.8. The Labute approximate surface area is 114 Å². The minimum absolute atomic E-state index is 0. The molecular formula is C12H21ClN4O. The predicted octanol–water partition coefficient (Wildman–Crippen LogP) is 1.26. The van der Waals surface area contributed by atoms with Crippen LogP contribution in [0, 0.1) is 12.8 Å². The minimum atomic E-state index is -0.0278. The lowest BCUT2D eigenvalue weighted by Gasteiger charge is -2.22. The van der Waals surface area contributed by atoms with E-state index in [4.69, 9.17) is 0 Å². The zero-order valence-electron chi connectivity index (χ0n) is 10.7. The largest absolute Gasteiger partial charge is 0.352 e. The molecule has 1 aliphatic heterocycles.